The van der Waals surface area contributed by atoms with Gasteiger partial charge in [0.2, 0.25) is 0 Å². The van der Waals surface area contributed by atoms with Crippen molar-refractivity contribution in [2.45, 2.75) is 13.8 Å². The van der Waals surface area contributed by atoms with E-state index in [0.29, 0.717) is 18.9 Å². The zero-order chi connectivity index (χ0) is 21.3. The van der Waals surface area contributed by atoms with Crippen molar-refractivity contribution in [3.8, 4) is 11.5 Å². The number of hydrogen-bond donors (Lipinski definition) is 2. The number of likely N-dealkylation sites (N-methyl/N-ethyl adjacent to an activating group) is 1. The number of carbonyl (C=O) groups excluding carboxylic acids is 1. The molecule has 2 aromatic rings. The van der Waals surface area contributed by atoms with Crippen LogP contribution >= 0.6 is 0 Å². The van der Waals surface area contributed by atoms with Crippen LogP contribution in [0.1, 0.15) is 12.5 Å². The lowest BCUT2D eigenvalue weighted by Gasteiger charge is -2.36. The van der Waals surface area contributed by atoms with E-state index in [1.165, 1.54) is 11.3 Å². The standard InChI is InChI=1S/C23H32N4O3/c1-4-26-11-13-27(14-12-26)22-9-8-19(16-18(22)2)25-23(28)24-10-15-30-21-7-5-6-20(17-21)29-3/h5-9,16-17H,4,10-15H2,1-3H3,(H2,24,25,28). The number of rotatable bonds is 8. The van der Waals surface area contributed by atoms with Crippen molar-refractivity contribution >= 4 is 17.4 Å². The van der Waals surface area contributed by atoms with Gasteiger partial charge in [0.05, 0.1) is 13.7 Å². The minimum Gasteiger partial charge on any atom is -0.497 e. The van der Waals surface area contributed by atoms with Crippen molar-refractivity contribution in [1.82, 2.24) is 10.2 Å². The molecular formula is C23H32N4O3. The quantitative estimate of drug-likeness (QED) is 0.651. The number of nitrogens with zero attached hydrogens (tertiary/aromatic N) is 2. The molecule has 7 heteroatoms. The van der Waals surface area contributed by atoms with E-state index >= 15 is 0 Å². The Hall–Kier alpha value is -2.93. The number of urea groups is 1. The molecule has 0 saturated carbocycles. The van der Waals surface area contributed by atoms with Gasteiger partial charge in [-0.15, -0.1) is 0 Å². The van der Waals surface area contributed by atoms with Crippen LogP contribution < -0.4 is 25.0 Å². The number of nitrogens with one attached hydrogen (secondary N) is 2. The molecule has 3 rings (SSSR count). The summed E-state index contributed by atoms with van der Waals surface area (Å²) >= 11 is 0. The second-order valence-electron chi connectivity index (χ2n) is 7.33. The molecule has 30 heavy (non-hydrogen) atoms. The van der Waals surface area contributed by atoms with Crippen LogP contribution in [0.5, 0.6) is 11.5 Å². The maximum absolute atomic E-state index is 12.2. The molecular weight excluding hydrogens is 380 g/mol. The van der Waals surface area contributed by atoms with Crippen molar-refractivity contribution in [2.24, 2.45) is 0 Å². The second-order valence-corrected chi connectivity index (χ2v) is 7.33. The number of methoxy groups -OCH3 is 1. The maximum Gasteiger partial charge on any atom is 0.319 e. The summed E-state index contributed by atoms with van der Waals surface area (Å²) in [7, 11) is 1.62. The van der Waals surface area contributed by atoms with Crippen LogP contribution in [-0.4, -0.2) is 63.9 Å². The predicted molar refractivity (Wildman–Crippen MR) is 121 cm³/mol. The molecule has 162 valence electrons. The number of hydrogen-bond acceptors (Lipinski definition) is 5. The molecule has 1 saturated heterocycles. The SMILES string of the molecule is CCN1CCN(c2ccc(NC(=O)NCCOc3cccc(OC)c3)cc2C)CC1. The van der Waals surface area contributed by atoms with Gasteiger partial charge < -0.3 is 29.9 Å². The Labute approximate surface area is 179 Å². The summed E-state index contributed by atoms with van der Waals surface area (Å²) in [5, 5.41) is 5.71. The number of aryl methyl sites for hydroxylation is 1. The number of anilines is 2. The van der Waals surface area contributed by atoms with E-state index in [2.05, 4.69) is 40.3 Å². The van der Waals surface area contributed by atoms with Gasteiger partial charge in [-0.1, -0.05) is 13.0 Å². The number of carbonyl (C=O) groups is 1. The van der Waals surface area contributed by atoms with E-state index in [-0.39, 0.29) is 6.03 Å². The van der Waals surface area contributed by atoms with Crippen molar-refractivity contribution in [1.29, 1.82) is 0 Å². The van der Waals surface area contributed by atoms with Gasteiger partial charge in [-0.25, -0.2) is 4.79 Å². The fraction of sp³-hybridized carbons (Fsp3) is 0.435. The fourth-order valence-electron chi connectivity index (χ4n) is 3.59. The van der Waals surface area contributed by atoms with E-state index < -0.39 is 0 Å². The lowest BCUT2D eigenvalue weighted by molar-refractivity contribution is 0.247. The topological polar surface area (TPSA) is 66.1 Å². The van der Waals surface area contributed by atoms with Gasteiger partial charge in [0.1, 0.15) is 18.1 Å². The summed E-state index contributed by atoms with van der Waals surface area (Å²) in [5.41, 5.74) is 3.19. The minimum absolute atomic E-state index is 0.243. The summed E-state index contributed by atoms with van der Waals surface area (Å²) in [5.74, 6) is 1.45. The second kappa shape index (κ2) is 10.7. The van der Waals surface area contributed by atoms with E-state index in [1.54, 1.807) is 7.11 Å². The van der Waals surface area contributed by atoms with Crippen molar-refractivity contribution in [3.05, 3.63) is 48.0 Å². The Balaban J connectivity index is 1.43. The van der Waals surface area contributed by atoms with E-state index in [4.69, 9.17) is 9.47 Å². The number of ether oxygens (including phenoxy) is 2. The molecule has 0 atom stereocenters. The lowest BCUT2D eigenvalue weighted by atomic mass is 10.1. The first kappa shape index (κ1) is 21.8. The Morgan fingerprint density at radius 1 is 1.07 bits per heavy atom. The van der Waals surface area contributed by atoms with Gasteiger partial charge in [0, 0.05) is 43.6 Å². The first-order valence-corrected chi connectivity index (χ1v) is 10.5. The van der Waals surface area contributed by atoms with E-state index in [0.717, 1.165) is 44.2 Å². The molecule has 7 nitrogen and oxygen atoms in total. The summed E-state index contributed by atoms with van der Waals surface area (Å²) < 4.78 is 10.8. The molecule has 1 fully saturated rings. The van der Waals surface area contributed by atoms with Gasteiger partial charge in [-0.2, -0.15) is 0 Å². The van der Waals surface area contributed by atoms with Crippen molar-refractivity contribution in [3.63, 3.8) is 0 Å². The molecule has 1 aliphatic rings. The van der Waals surface area contributed by atoms with Crippen molar-refractivity contribution < 1.29 is 14.3 Å². The van der Waals surface area contributed by atoms with Gasteiger partial charge in [0.25, 0.3) is 0 Å². The molecule has 1 aliphatic heterocycles. The maximum atomic E-state index is 12.2. The highest BCUT2D eigenvalue weighted by Crippen LogP contribution is 2.24. The Morgan fingerprint density at radius 3 is 2.53 bits per heavy atom. The van der Waals surface area contributed by atoms with Crippen LogP contribution in [0.4, 0.5) is 16.2 Å². The zero-order valence-corrected chi connectivity index (χ0v) is 18.1. The zero-order valence-electron chi connectivity index (χ0n) is 18.1. The largest absolute Gasteiger partial charge is 0.497 e. The molecule has 2 amide bonds. The lowest BCUT2D eigenvalue weighted by Crippen LogP contribution is -2.46. The normalized spacial score (nSPS) is 14.3. The smallest absolute Gasteiger partial charge is 0.319 e. The molecule has 0 spiro atoms. The van der Waals surface area contributed by atoms with Crippen LogP contribution in [-0.2, 0) is 0 Å². The van der Waals surface area contributed by atoms with Gasteiger partial charge in [0.15, 0.2) is 0 Å². The van der Waals surface area contributed by atoms with Crippen LogP contribution in [0.3, 0.4) is 0 Å². The summed E-state index contributed by atoms with van der Waals surface area (Å²) in [4.78, 5) is 17.1. The molecule has 0 unspecified atom stereocenters. The molecule has 1 heterocycles. The molecule has 2 N–H and O–H groups in total. The van der Waals surface area contributed by atoms with Crippen LogP contribution in [0, 0.1) is 6.92 Å². The van der Waals surface area contributed by atoms with E-state index in [1.807, 2.05) is 36.4 Å². The molecule has 2 aromatic carbocycles. The summed E-state index contributed by atoms with van der Waals surface area (Å²) in [6.45, 7) is 10.4. The molecule has 0 aliphatic carbocycles. The first-order valence-electron chi connectivity index (χ1n) is 10.5. The average molecular weight is 413 g/mol. The van der Waals surface area contributed by atoms with Crippen LogP contribution in [0.2, 0.25) is 0 Å². The Morgan fingerprint density at radius 2 is 1.83 bits per heavy atom. The van der Waals surface area contributed by atoms with Crippen LogP contribution in [0.25, 0.3) is 0 Å². The van der Waals surface area contributed by atoms with Gasteiger partial charge in [-0.05, 0) is 49.4 Å². The monoisotopic (exact) mass is 412 g/mol. The van der Waals surface area contributed by atoms with Gasteiger partial charge >= 0.3 is 6.03 Å². The van der Waals surface area contributed by atoms with Crippen LogP contribution in [0.15, 0.2) is 42.5 Å². The fourth-order valence-corrected chi connectivity index (χ4v) is 3.59. The predicted octanol–water partition coefficient (Wildman–Crippen LogP) is 3.35. The Bertz CT molecular complexity index is 835. The summed E-state index contributed by atoms with van der Waals surface area (Å²) in [6, 6.07) is 13.2. The highest BCUT2D eigenvalue weighted by molar-refractivity contribution is 5.89. The molecule has 0 radical (unpaired) electrons. The number of piperazine rings is 1. The number of benzene rings is 2. The first-order chi connectivity index (χ1) is 14.6. The average Bonchev–Trinajstić information content (AvgIpc) is 2.77. The third-order valence-electron chi connectivity index (χ3n) is 5.31. The number of amides is 2. The van der Waals surface area contributed by atoms with Gasteiger partial charge in [-0.3, -0.25) is 0 Å². The van der Waals surface area contributed by atoms with E-state index in [9.17, 15) is 4.79 Å². The molecule has 0 bridgehead atoms. The third-order valence-corrected chi connectivity index (χ3v) is 5.31. The summed E-state index contributed by atoms with van der Waals surface area (Å²) in [6.07, 6.45) is 0. The molecule has 0 aromatic heterocycles. The minimum atomic E-state index is -0.243. The van der Waals surface area contributed by atoms with Crippen molar-refractivity contribution in [2.75, 3.05) is 63.2 Å². The third kappa shape index (κ3) is 6.03. The Kier molecular flexibility index (Phi) is 7.79. The highest BCUT2D eigenvalue weighted by atomic mass is 16.5. The highest BCUT2D eigenvalue weighted by Gasteiger charge is 2.17.